The summed E-state index contributed by atoms with van der Waals surface area (Å²) in [5, 5.41) is 2.61. The Kier molecular flexibility index (Phi) is 5.95. The van der Waals surface area contributed by atoms with E-state index in [2.05, 4.69) is 5.32 Å². The molecule has 1 atom stereocenters. The van der Waals surface area contributed by atoms with Gasteiger partial charge in [-0.25, -0.2) is 4.39 Å². The van der Waals surface area contributed by atoms with Gasteiger partial charge in [0.15, 0.2) is 0 Å². The van der Waals surface area contributed by atoms with E-state index < -0.39 is 0 Å². The van der Waals surface area contributed by atoms with Crippen LogP contribution in [0.2, 0.25) is 0 Å². The lowest BCUT2D eigenvalue weighted by Gasteiger charge is -2.26. The number of hydrogen-bond acceptors (Lipinski definition) is 4. The predicted molar refractivity (Wildman–Crippen MR) is 121 cm³/mol. The fourth-order valence-electron chi connectivity index (χ4n) is 3.45. The van der Waals surface area contributed by atoms with Gasteiger partial charge >= 0.3 is 0 Å². The maximum absolute atomic E-state index is 13.1. The van der Waals surface area contributed by atoms with Gasteiger partial charge in [-0.15, -0.1) is 11.8 Å². The zero-order chi connectivity index (χ0) is 22.0. The Morgan fingerprint density at radius 1 is 1.10 bits per heavy atom. The number of methoxy groups -OCH3 is 1. The van der Waals surface area contributed by atoms with Crippen LogP contribution in [-0.4, -0.2) is 24.7 Å². The number of carbonyl (C=O) groups is 2. The molecule has 3 aromatic carbocycles. The molecule has 31 heavy (non-hydrogen) atoms. The van der Waals surface area contributed by atoms with Gasteiger partial charge in [0.1, 0.15) is 16.9 Å². The molecule has 0 saturated carbocycles. The van der Waals surface area contributed by atoms with Gasteiger partial charge in [0.05, 0.1) is 18.6 Å². The molecule has 0 aliphatic carbocycles. The molecule has 2 amide bonds. The summed E-state index contributed by atoms with van der Waals surface area (Å²) >= 11 is 1.55. The van der Waals surface area contributed by atoms with Gasteiger partial charge < -0.3 is 10.1 Å². The van der Waals surface area contributed by atoms with E-state index in [4.69, 9.17) is 4.74 Å². The number of amides is 2. The molecular formula is C24H21FN2O3S. The molecule has 0 aromatic heterocycles. The lowest BCUT2D eigenvalue weighted by atomic mass is 10.1. The molecule has 7 heteroatoms. The maximum Gasteiger partial charge on any atom is 0.255 e. The average molecular weight is 437 g/mol. The van der Waals surface area contributed by atoms with Crippen molar-refractivity contribution in [3.63, 3.8) is 0 Å². The van der Waals surface area contributed by atoms with E-state index in [1.165, 1.54) is 24.3 Å². The molecular weight excluding hydrogens is 415 g/mol. The van der Waals surface area contributed by atoms with Crippen LogP contribution in [0.4, 0.5) is 15.8 Å². The summed E-state index contributed by atoms with van der Waals surface area (Å²) in [4.78, 5) is 26.8. The van der Waals surface area contributed by atoms with Gasteiger partial charge in [0, 0.05) is 11.3 Å². The standard InChI is InChI=1S/C24H21FN2O3S/c1-15-3-12-21(30-2)20(13-15)27-22(28)14-31-24(27)17-6-10-19(11-7-17)26-23(29)16-4-8-18(25)9-5-16/h3-13,24H,14H2,1-2H3,(H,26,29)/t24-/m1/s1. The van der Waals surface area contributed by atoms with Crippen LogP contribution in [0, 0.1) is 12.7 Å². The highest BCUT2D eigenvalue weighted by atomic mass is 32.2. The quantitative estimate of drug-likeness (QED) is 0.599. The third-order valence-corrected chi connectivity index (χ3v) is 6.23. The van der Waals surface area contributed by atoms with E-state index in [1.54, 1.807) is 35.9 Å². The molecule has 1 fully saturated rings. The Morgan fingerprint density at radius 2 is 1.81 bits per heavy atom. The van der Waals surface area contributed by atoms with Crippen LogP contribution in [0.1, 0.15) is 26.9 Å². The van der Waals surface area contributed by atoms with Crippen molar-refractivity contribution in [1.82, 2.24) is 0 Å². The highest BCUT2D eigenvalue weighted by Crippen LogP contribution is 2.45. The molecule has 3 aromatic rings. The number of halogens is 1. The summed E-state index contributed by atoms with van der Waals surface area (Å²) in [5.41, 5.74) is 3.72. The Balaban J connectivity index is 1.55. The van der Waals surface area contributed by atoms with Crippen LogP contribution >= 0.6 is 11.8 Å². The topological polar surface area (TPSA) is 58.6 Å². The first-order chi connectivity index (χ1) is 15.0. The number of hydrogen-bond donors (Lipinski definition) is 1. The number of thioether (sulfide) groups is 1. The highest BCUT2D eigenvalue weighted by Gasteiger charge is 2.35. The van der Waals surface area contributed by atoms with Crippen molar-refractivity contribution in [2.75, 3.05) is 23.1 Å². The second-order valence-corrected chi connectivity index (χ2v) is 8.25. The summed E-state index contributed by atoms with van der Waals surface area (Å²) in [5.74, 6) is 0.344. The number of anilines is 2. The molecule has 0 bridgehead atoms. The number of carbonyl (C=O) groups excluding carboxylic acids is 2. The molecule has 0 radical (unpaired) electrons. The number of benzene rings is 3. The Hall–Kier alpha value is -3.32. The highest BCUT2D eigenvalue weighted by molar-refractivity contribution is 8.00. The predicted octanol–water partition coefficient (Wildman–Crippen LogP) is 5.17. The SMILES string of the molecule is COc1ccc(C)cc1N1C(=O)CS[C@@H]1c1ccc(NC(=O)c2ccc(F)cc2)cc1. The molecule has 1 aliphatic rings. The van der Waals surface area contributed by atoms with Crippen molar-refractivity contribution in [1.29, 1.82) is 0 Å². The lowest BCUT2D eigenvalue weighted by molar-refractivity contribution is -0.115. The number of nitrogens with zero attached hydrogens (tertiary/aromatic N) is 1. The summed E-state index contributed by atoms with van der Waals surface area (Å²) in [7, 11) is 1.59. The van der Waals surface area contributed by atoms with E-state index in [0.717, 1.165) is 16.8 Å². The number of ether oxygens (including phenoxy) is 1. The largest absolute Gasteiger partial charge is 0.495 e. The zero-order valence-electron chi connectivity index (χ0n) is 17.1. The van der Waals surface area contributed by atoms with Gasteiger partial charge in [0.25, 0.3) is 5.91 Å². The first-order valence-electron chi connectivity index (χ1n) is 9.71. The zero-order valence-corrected chi connectivity index (χ0v) is 17.9. The average Bonchev–Trinajstić information content (AvgIpc) is 3.16. The lowest BCUT2D eigenvalue weighted by Crippen LogP contribution is -2.28. The van der Waals surface area contributed by atoms with Crippen molar-refractivity contribution in [3.05, 3.63) is 89.2 Å². The molecule has 4 rings (SSSR count). The summed E-state index contributed by atoms with van der Waals surface area (Å²) in [6.45, 7) is 1.98. The molecule has 1 N–H and O–H groups in total. The molecule has 1 saturated heterocycles. The van der Waals surface area contributed by atoms with E-state index in [1.807, 2.05) is 37.3 Å². The van der Waals surface area contributed by atoms with Crippen LogP contribution in [-0.2, 0) is 4.79 Å². The molecule has 0 unspecified atom stereocenters. The normalized spacial score (nSPS) is 15.8. The van der Waals surface area contributed by atoms with Crippen LogP contribution in [0.5, 0.6) is 5.75 Å². The van der Waals surface area contributed by atoms with Gasteiger partial charge in [0.2, 0.25) is 5.91 Å². The second-order valence-electron chi connectivity index (χ2n) is 7.19. The van der Waals surface area contributed by atoms with Crippen molar-refractivity contribution in [2.45, 2.75) is 12.3 Å². The first-order valence-corrected chi connectivity index (χ1v) is 10.8. The fraction of sp³-hybridized carbons (Fsp3) is 0.167. The van der Waals surface area contributed by atoms with Crippen LogP contribution in [0.15, 0.2) is 66.7 Å². The minimum absolute atomic E-state index is 0.0209. The van der Waals surface area contributed by atoms with E-state index in [9.17, 15) is 14.0 Å². The third-order valence-electron chi connectivity index (χ3n) is 5.02. The molecule has 0 spiro atoms. The third kappa shape index (κ3) is 4.41. The minimum Gasteiger partial charge on any atom is -0.495 e. The molecule has 5 nitrogen and oxygen atoms in total. The Bertz CT molecular complexity index is 1120. The molecule has 1 aliphatic heterocycles. The van der Waals surface area contributed by atoms with Gasteiger partial charge in [-0.05, 0) is 66.6 Å². The van der Waals surface area contributed by atoms with Crippen molar-refractivity contribution < 1.29 is 18.7 Å². The van der Waals surface area contributed by atoms with Crippen LogP contribution in [0.3, 0.4) is 0 Å². The van der Waals surface area contributed by atoms with Crippen molar-refractivity contribution in [2.24, 2.45) is 0 Å². The summed E-state index contributed by atoms with van der Waals surface area (Å²) in [6.07, 6.45) is 0. The van der Waals surface area contributed by atoms with E-state index in [-0.39, 0.29) is 23.0 Å². The number of nitrogens with one attached hydrogen (secondary N) is 1. The minimum atomic E-state index is -0.390. The Morgan fingerprint density at radius 3 is 2.48 bits per heavy atom. The summed E-state index contributed by atoms with van der Waals surface area (Å²) in [6, 6.07) is 18.5. The number of rotatable bonds is 5. The van der Waals surface area contributed by atoms with Gasteiger partial charge in [-0.3, -0.25) is 14.5 Å². The van der Waals surface area contributed by atoms with E-state index in [0.29, 0.717) is 22.8 Å². The fourth-order valence-corrected chi connectivity index (χ4v) is 4.62. The monoisotopic (exact) mass is 436 g/mol. The second kappa shape index (κ2) is 8.81. The van der Waals surface area contributed by atoms with E-state index >= 15 is 0 Å². The van der Waals surface area contributed by atoms with Crippen molar-refractivity contribution >= 4 is 35.0 Å². The summed E-state index contributed by atoms with van der Waals surface area (Å²) < 4.78 is 18.5. The Labute approximate surface area is 184 Å². The molecule has 1 heterocycles. The smallest absolute Gasteiger partial charge is 0.255 e. The van der Waals surface area contributed by atoms with Gasteiger partial charge in [-0.1, -0.05) is 18.2 Å². The number of aryl methyl sites for hydroxylation is 1. The first kappa shape index (κ1) is 20.9. The van der Waals surface area contributed by atoms with Crippen molar-refractivity contribution in [3.8, 4) is 5.75 Å². The van der Waals surface area contributed by atoms with Crippen LogP contribution < -0.4 is 15.0 Å². The maximum atomic E-state index is 13.1. The van der Waals surface area contributed by atoms with Crippen LogP contribution in [0.25, 0.3) is 0 Å². The van der Waals surface area contributed by atoms with Gasteiger partial charge in [-0.2, -0.15) is 0 Å². The molecule has 158 valence electrons.